The average molecular weight is 346 g/mol. The third kappa shape index (κ3) is 3.36. The van der Waals surface area contributed by atoms with Gasteiger partial charge in [-0.25, -0.2) is 0 Å². The zero-order valence-corrected chi connectivity index (χ0v) is 13.4. The molecular formula is C16H12ClN3O4. The predicted octanol–water partition coefficient (Wildman–Crippen LogP) is 4.19. The van der Waals surface area contributed by atoms with E-state index in [4.69, 9.17) is 20.9 Å². The maximum atomic E-state index is 11.1. The van der Waals surface area contributed by atoms with Crippen molar-refractivity contribution in [2.24, 2.45) is 0 Å². The van der Waals surface area contributed by atoms with Gasteiger partial charge in [0, 0.05) is 16.1 Å². The molecule has 0 unspecified atom stereocenters. The average Bonchev–Trinajstić information content (AvgIpc) is 3.02. The molecule has 0 atom stereocenters. The van der Waals surface area contributed by atoms with Gasteiger partial charge in [-0.1, -0.05) is 28.9 Å². The normalized spacial score (nSPS) is 10.6. The Hall–Kier alpha value is -2.93. The van der Waals surface area contributed by atoms with E-state index in [-0.39, 0.29) is 23.9 Å². The molecular weight excluding hydrogens is 334 g/mol. The van der Waals surface area contributed by atoms with Gasteiger partial charge in [0.15, 0.2) is 12.4 Å². The molecule has 0 radical (unpaired) electrons. The summed E-state index contributed by atoms with van der Waals surface area (Å²) in [7, 11) is 0. The number of hydrogen-bond acceptors (Lipinski definition) is 6. The number of para-hydroxylation sites is 1. The van der Waals surface area contributed by atoms with Gasteiger partial charge in [-0.3, -0.25) is 10.1 Å². The Morgan fingerprint density at radius 2 is 2.00 bits per heavy atom. The van der Waals surface area contributed by atoms with Crippen molar-refractivity contribution < 1.29 is 14.2 Å². The van der Waals surface area contributed by atoms with Crippen molar-refractivity contribution in [1.29, 1.82) is 0 Å². The highest BCUT2D eigenvalue weighted by Crippen LogP contribution is 2.30. The fourth-order valence-corrected chi connectivity index (χ4v) is 2.28. The van der Waals surface area contributed by atoms with Gasteiger partial charge in [0.05, 0.1) is 4.92 Å². The lowest BCUT2D eigenvalue weighted by Crippen LogP contribution is -2.00. The molecule has 122 valence electrons. The van der Waals surface area contributed by atoms with Crippen LogP contribution in [0.1, 0.15) is 11.5 Å². The zero-order chi connectivity index (χ0) is 17.1. The molecule has 0 N–H and O–H groups in total. The minimum Gasteiger partial charge on any atom is -0.477 e. The number of nitro groups is 1. The summed E-state index contributed by atoms with van der Waals surface area (Å²) in [5.74, 6) is 0.769. The van der Waals surface area contributed by atoms with Crippen molar-refractivity contribution in [3.05, 3.63) is 69.1 Å². The van der Waals surface area contributed by atoms with E-state index in [1.165, 1.54) is 6.07 Å². The van der Waals surface area contributed by atoms with Gasteiger partial charge in [0.25, 0.3) is 5.89 Å². The van der Waals surface area contributed by atoms with Crippen LogP contribution in [-0.4, -0.2) is 15.1 Å². The first kappa shape index (κ1) is 15.9. The van der Waals surface area contributed by atoms with Crippen LogP contribution in [0.2, 0.25) is 5.02 Å². The summed E-state index contributed by atoms with van der Waals surface area (Å²) in [6.45, 7) is 1.58. The molecule has 7 nitrogen and oxygen atoms in total. The molecule has 0 amide bonds. The van der Waals surface area contributed by atoms with Gasteiger partial charge in [-0.2, -0.15) is 4.98 Å². The minimum absolute atomic E-state index is 0.0646. The molecule has 2 aromatic carbocycles. The van der Waals surface area contributed by atoms with E-state index in [2.05, 4.69) is 10.1 Å². The lowest BCUT2D eigenvalue weighted by molar-refractivity contribution is -0.386. The van der Waals surface area contributed by atoms with E-state index in [1.54, 1.807) is 43.3 Å². The van der Waals surface area contributed by atoms with Gasteiger partial charge >= 0.3 is 5.69 Å². The number of aromatic nitrogens is 2. The summed E-state index contributed by atoms with van der Waals surface area (Å²) in [5, 5.41) is 15.6. The number of aryl methyl sites for hydroxylation is 1. The van der Waals surface area contributed by atoms with Crippen LogP contribution in [0.25, 0.3) is 11.4 Å². The largest absolute Gasteiger partial charge is 0.477 e. The fourth-order valence-electron chi connectivity index (χ4n) is 2.15. The monoisotopic (exact) mass is 345 g/mol. The van der Waals surface area contributed by atoms with Crippen LogP contribution < -0.4 is 4.74 Å². The molecule has 0 aliphatic rings. The highest BCUT2D eigenvalue weighted by molar-refractivity contribution is 6.30. The highest BCUT2D eigenvalue weighted by Gasteiger charge is 2.19. The molecule has 3 aromatic rings. The first-order valence-corrected chi connectivity index (χ1v) is 7.37. The summed E-state index contributed by atoms with van der Waals surface area (Å²) >= 11 is 5.84. The SMILES string of the molecule is Cc1cccc(OCc2nc(-c3ccc(Cl)cc3)no2)c1[N+](=O)[O-]. The third-order valence-corrected chi connectivity index (χ3v) is 3.56. The molecule has 0 spiro atoms. The summed E-state index contributed by atoms with van der Waals surface area (Å²) in [6.07, 6.45) is 0. The van der Waals surface area contributed by atoms with E-state index >= 15 is 0 Å². The number of nitro benzene ring substituents is 1. The van der Waals surface area contributed by atoms with Crippen LogP contribution in [0, 0.1) is 17.0 Å². The standard InChI is InChI=1S/C16H12ClN3O4/c1-10-3-2-4-13(15(10)20(21)22)23-9-14-18-16(19-24-14)11-5-7-12(17)8-6-11/h2-8H,9H2,1H3. The van der Waals surface area contributed by atoms with Gasteiger partial charge in [-0.05, 0) is 37.3 Å². The van der Waals surface area contributed by atoms with Crippen molar-refractivity contribution in [2.75, 3.05) is 0 Å². The number of rotatable bonds is 5. The second kappa shape index (κ2) is 6.67. The van der Waals surface area contributed by atoms with Crippen molar-refractivity contribution in [3.8, 4) is 17.1 Å². The minimum atomic E-state index is -0.475. The number of nitrogens with zero attached hydrogens (tertiary/aromatic N) is 3. The number of hydrogen-bond donors (Lipinski definition) is 0. The van der Waals surface area contributed by atoms with Crippen LogP contribution in [0.5, 0.6) is 5.75 Å². The Morgan fingerprint density at radius 3 is 2.71 bits per heavy atom. The van der Waals surface area contributed by atoms with E-state index < -0.39 is 4.92 Å². The van der Waals surface area contributed by atoms with E-state index in [0.717, 1.165) is 5.56 Å². The van der Waals surface area contributed by atoms with Crippen LogP contribution >= 0.6 is 11.6 Å². The lowest BCUT2D eigenvalue weighted by Gasteiger charge is -2.05. The summed E-state index contributed by atoms with van der Waals surface area (Å²) in [5.41, 5.74) is 1.19. The summed E-state index contributed by atoms with van der Waals surface area (Å²) in [4.78, 5) is 14.9. The Morgan fingerprint density at radius 1 is 1.25 bits per heavy atom. The van der Waals surface area contributed by atoms with Gasteiger partial charge in [0.2, 0.25) is 5.82 Å². The van der Waals surface area contributed by atoms with Gasteiger partial charge in [0.1, 0.15) is 0 Å². The Kier molecular flexibility index (Phi) is 4.43. The Balaban J connectivity index is 1.76. The first-order valence-electron chi connectivity index (χ1n) is 7.00. The molecule has 8 heteroatoms. The van der Waals surface area contributed by atoms with Crippen LogP contribution in [0.3, 0.4) is 0 Å². The smallest absolute Gasteiger partial charge is 0.313 e. The van der Waals surface area contributed by atoms with Crippen LogP contribution in [-0.2, 0) is 6.61 Å². The maximum absolute atomic E-state index is 11.1. The second-order valence-corrected chi connectivity index (χ2v) is 5.42. The molecule has 0 aliphatic heterocycles. The van der Waals surface area contributed by atoms with Gasteiger partial charge < -0.3 is 9.26 Å². The van der Waals surface area contributed by atoms with Crippen LogP contribution in [0.4, 0.5) is 5.69 Å². The molecule has 1 aromatic heterocycles. The van der Waals surface area contributed by atoms with Crippen molar-refractivity contribution in [1.82, 2.24) is 10.1 Å². The van der Waals surface area contributed by atoms with Crippen molar-refractivity contribution in [3.63, 3.8) is 0 Å². The van der Waals surface area contributed by atoms with Gasteiger partial charge in [-0.15, -0.1) is 0 Å². The molecule has 0 saturated carbocycles. The summed E-state index contributed by atoms with van der Waals surface area (Å²) in [6, 6.07) is 11.8. The number of halogens is 1. The molecule has 0 fully saturated rings. The van der Waals surface area contributed by atoms with E-state index in [9.17, 15) is 10.1 Å². The maximum Gasteiger partial charge on any atom is 0.313 e. The quantitative estimate of drug-likeness (QED) is 0.508. The number of benzene rings is 2. The molecule has 3 rings (SSSR count). The molecule has 1 heterocycles. The topological polar surface area (TPSA) is 91.3 Å². The molecule has 24 heavy (non-hydrogen) atoms. The Labute approximate surface area is 142 Å². The third-order valence-electron chi connectivity index (χ3n) is 3.30. The number of ether oxygens (including phenoxy) is 1. The van der Waals surface area contributed by atoms with E-state index in [0.29, 0.717) is 16.4 Å². The molecule has 0 bridgehead atoms. The van der Waals surface area contributed by atoms with Crippen molar-refractivity contribution >= 4 is 17.3 Å². The lowest BCUT2D eigenvalue weighted by atomic mass is 10.2. The molecule has 0 saturated heterocycles. The second-order valence-electron chi connectivity index (χ2n) is 4.99. The first-order chi connectivity index (χ1) is 11.5. The summed E-state index contributed by atoms with van der Waals surface area (Å²) < 4.78 is 10.6. The Bertz CT molecular complexity index is 877. The predicted molar refractivity (Wildman–Crippen MR) is 86.9 cm³/mol. The zero-order valence-electron chi connectivity index (χ0n) is 12.6. The molecule has 0 aliphatic carbocycles. The van der Waals surface area contributed by atoms with E-state index in [1.807, 2.05) is 0 Å². The fraction of sp³-hybridized carbons (Fsp3) is 0.125. The van der Waals surface area contributed by atoms with Crippen LogP contribution in [0.15, 0.2) is 47.0 Å². The highest BCUT2D eigenvalue weighted by atomic mass is 35.5. The van der Waals surface area contributed by atoms with Crippen molar-refractivity contribution in [2.45, 2.75) is 13.5 Å².